The molecule has 2 heteroatoms. The summed E-state index contributed by atoms with van der Waals surface area (Å²) in [5.74, 6) is -0.109. The molecular weight excluding hydrogens is 136 g/mol. The molecule has 1 aromatic rings. The van der Waals surface area contributed by atoms with Gasteiger partial charge in [0.05, 0.1) is 0 Å². The van der Waals surface area contributed by atoms with Crippen molar-refractivity contribution in [3.05, 3.63) is 28.8 Å². The molecule has 48 valence electrons. The fourth-order valence-corrected chi connectivity index (χ4v) is 0.841. The van der Waals surface area contributed by atoms with Gasteiger partial charge >= 0.3 is 0 Å². The third-order valence-corrected chi connectivity index (χ3v) is 1.38. The van der Waals surface area contributed by atoms with Gasteiger partial charge in [-0.25, -0.2) is 0 Å². The molecule has 0 spiro atoms. The van der Waals surface area contributed by atoms with E-state index in [-0.39, 0.29) is 5.75 Å². The monoisotopic (exact) mass is 141 g/mol. The quantitative estimate of drug-likeness (QED) is 0.540. The van der Waals surface area contributed by atoms with E-state index >= 15 is 0 Å². The van der Waals surface area contributed by atoms with Gasteiger partial charge in [0.15, 0.2) is 0 Å². The van der Waals surface area contributed by atoms with Crippen LogP contribution in [-0.4, -0.2) is 0 Å². The Morgan fingerprint density at radius 2 is 2.11 bits per heavy atom. The van der Waals surface area contributed by atoms with Crippen LogP contribution in [-0.2, 0) is 0 Å². The van der Waals surface area contributed by atoms with Crippen molar-refractivity contribution in [2.75, 3.05) is 0 Å². The third kappa shape index (κ3) is 1.36. The molecule has 0 atom stereocenters. The summed E-state index contributed by atoms with van der Waals surface area (Å²) in [6.07, 6.45) is 0. The van der Waals surface area contributed by atoms with Crippen LogP contribution in [0.25, 0.3) is 0 Å². The Hall–Kier alpha value is -0.690. The Bertz CT molecular complexity index is 220. The molecular formula is C7H6ClO-. The van der Waals surface area contributed by atoms with Crippen molar-refractivity contribution < 1.29 is 5.11 Å². The van der Waals surface area contributed by atoms with E-state index in [4.69, 9.17) is 11.6 Å². The molecule has 1 nitrogen and oxygen atoms in total. The van der Waals surface area contributed by atoms with Crippen molar-refractivity contribution in [2.24, 2.45) is 0 Å². The van der Waals surface area contributed by atoms with Crippen LogP contribution in [0, 0.1) is 6.92 Å². The minimum atomic E-state index is -0.109. The minimum absolute atomic E-state index is 0.109. The lowest BCUT2D eigenvalue weighted by Gasteiger charge is -2.06. The van der Waals surface area contributed by atoms with E-state index in [1.807, 2.05) is 6.92 Å². The van der Waals surface area contributed by atoms with Gasteiger partial charge in [0, 0.05) is 5.02 Å². The van der Waals surface area contributed by atoms with E-state index in [2.05, 4.69) is 0 Å². The van der Waals surface area contributed by atoms with Gasteiger partial charge < -0.3 is 5.11 Å². The number of hydrogen-bond donors (Lipinski definition) is 0. The molecule has 0 amide bonds. The van der Waals surface area contributed by atoms with Crippen LogP contribution < -0.4 is 5.11 Å². The van der Waals surface area contributed by atoms with Crippen molar-refractivity contribution in [2.45, 2.75) is 6.92 Å². The van der Waals surface area contributed by atoms with Gasteiger partial charge in [0.2, 0.25) is 0 Å². The number of benzene rings is 1. The average Bonchev–Trinajstić information content (AvgIpc) is 1.80. The van der Waals surface area contributed by atoms with Crippen molar-refractivity contribution >= 4 is 11.6 Å². The molecule has 0 aliphatic carbocycles. The first-order chi connectivity index (χ1) is 4.20. The molecule has 0 fully saturated rings. The lowest BCUT2D eigenvalue weighted by atomic mass is 10.2. The first-order valence-corrected chi connectivity index (χ1v) is 3.01. The number of rotatable bonds is 0. The maximum absolute atomic E-state index is 10.6. The number of hydrogen-bond acceptors (Lipinski definition) is 1. The molecule has 0 aliphatic rings. The topological polar surface area (TPSA) is 23.1 Å². The zero-order chi connectivity index (χ0) is 6.85. The molecule has 0 aromatic heterocycles. The summed E-state index contributed by atoms with van der Waals surface area (Å²) in [5.41, 5.74) is 1.01. The normalized spacial score (nSPS) is 9.56. The van der Waals surface area contributed by atoms with Crippen molar-refractivity contribution in [3.63, 3.8) is 0 Å². The van der Waals surface area contributed by atoms with E-state index in [9.17, 15) is 5.11 Å². The van der Waals surface area contributed by atoms with Crippen LogP contribution in [0.15, 0.2) is 18.2 Å². The summed E-state index contributed by atoms with van der Waals surface area (Å²) >= 11 is 5.50. The molecule has 1 aromatic carbocycles. The first kappa shape index (κ1) is 6.43. The van der Waals surface area contributed by atoms with Crippen LogP contribution in [0.1, 0.15) is 5.56 Å². The van der Waals surface area contributed by atoms with Crippen molar-refractivity contribution in [1.82, 2.24) is 0 Å². The van der Waals surface area contributed by atoms with Gasteiger partial charge in [-0.05, 0) is 18.6 Å². The van der Waals surface area contributed by atoms with Gasteiger partial charge in [-0.3, -0.25) is 0 Å². The highest BCUT2D eigenvalue weighted by atomic mass is 35.5. The lowest BCUT2D eigenvalue weighted by molar-refractivity contribution is -0.268. The minimum Gasteiger partial charge on any atom is -0.871 e. The molecule has 9 heavy (non-hydrogen) atoms. The van der Waals surface area contributed by atoms with Gasteiger partial charge in [0.25, 0.3) is 0 Å². The molecule has 0 saturated heterocycles. The third-order valence-electron chi connectivity index (χ3n) is 1.09. The van der Waals surface area contributed by atoms with Gasteiger partial charge in [-0.2, -0.15) is 0 Å². The molecule has 1 rings (SSSR count). The molecule has 0 radical (unpaired) electrons. The Morgan fingerprint density at radius 1 is 1.44 bits per heavy atom. The second kappa shape index (κ2) is 2.28. The summed E-state index contributed by atoms with van der Waals surface area (Å²) in [5, 5.41) is 10.9. The van der Waals surface area contributed by atoms with E-state index < -0.39 is 0 Å². The molecule has 0 heterocycles. The van der Waals surface area contributed by atoms with Gasteiger partial charge in [0.1, 0.15) is 0 Å². The SMILES string of the molecule is Cc1ccc([O-])c(Cl)c1. The maximum atomic E-state index is 10.6. The fraction of sp³-hybridized carbons (Fsp3) is 0.143. The van der Waals surface area contributed by atoms with Crippen LogP contribution >= 0.6 is 11.6 Å². The molecule has 0 unspecified atom stereocenters. The van der Waals surface area contributed by atoms with Gasteiger partial charge in [-0.1, -0.05) is 29.5 Å². The van der Waals surface area contributed by atoms with Crippen molar-refractivity contribution in [3.8, 4) is 5.75 Å². The predicted octanol–water partition coefficient (Wildman–Crippen LogP) is 1.72. The van der Waals surface area contributed by atoms with E-state index in [1.54, 1.807) is 12.1 Å². The highest BCUT2D eigenvalue weighted by Gasteiger charge is 1.87. The highest BCUT2D eigenvalue weighted by Crippen LogP contribution is 2.19. The maximum Gasteiger partial charge on any atom is 0.0330 e. The Kier molecular flexibility index (Phi) is 1.63. The second-order valence-corrected chi connectivity index (χ2v) is 2.34. The fourth-order valence-electron chi connectivity index (χ4n) is 0.606. The summed E-state index contributed by atoms with van der Waals surface area (Å²) < 4.78 is 0. The molecule has 0 bridgehead atoms. The van der Waals surface area contributed by atoms with Gasteiger partial charge in [-0.15, -0.1) is 0 Å². The van der Waals surface area contributed by atoms with Crippen LogP contribution in [0.3, 0.4) is 0 Å². The molecule has 0 N–H and O–H groups in total. The second-order valence-electron chi connectivity index (χ2n) is 1.93. The molecule has 0 saturated carbocycles. The smallest absolute Gasteiger partial charge is 0.0330 e. The lowest BCUT2D eigenvalue weighted by Crippen LogP contribution is -1.89. The summed E-state index contributed by atoms with van der Waals surface area (Å²) in [4.78, 5) is 0. The Morgan fingerprint density at radius 3 is 2.56 bits per heavy atom. The summed E-state index contributed by atoms with van der Waals surface area (Å²) in [6, 6.07) is 4.87. The average molecular weight is 142 g/mol. The first-order valence-electron chi connectivity index (χ1n) is 2.63. The van der Waals surface area contributed by atoms with E-state index in [1.165, 1.54) is 6.07 Å². The summed E-state index contributed by atoms with van der Waals surface area (Å²) in [6.45, 7) is 1.89. The van der Waals surface area contributed by atoms with Crippen LogP contribution in [0.4, 0.5) is 0 Å². The van der Waals surface area contributed by atoms with Crippen molar-refractivity contribution in [1.29, 1.82) is 0 Å². The van der Waals surface area contributed by atoms with Crippen LogP contribution in [0.5, 0.6) is 5.75 Å². The standard InChI is InChI=1S/C7H7ClO/c1-5-2-3-7(9)6(8)4-5/h2-4,9H,1H3/p-1. The zero-order valence-electron chi connectivity index (χ0n) is 5.02. The summed E-state index contributed by atoms with van der Waals surface area (Å²) in [7, 11) is 0. The predicted molar refractivity (Wildman–Crippen MR) is 35.6 cm³/mol. The zero-order valence-corrected chi connectivity index (χ0v) is 5.77. The molecule has 0 aliphatic heterocycles. The number of aryl methyl sites for hydroxylation is 1. The largest absolute Gasteiger partial charge is 0.871 e. The van der Waals surface area contributed by atoms with E-state index in [0.29, 0.717) is 5.02 Å². The Balaban J connectivity index is 3.17. The van der Waals surface area contributed by atoms with E-state index in [0.717, 1.165) is 5.56 Å². The number of halogens is 1. The Labute approximate surface area is 58.9 Å². The highest BCUT2D eigenvalue weighted by molar-refractivity contribution is 6.31. The van der Waals surface area contributed by atoms with Crippen LogP contribution in [0.2, 0.25) is 5.02 Å².